The summed E-state index contributed by atoms with van der Waals surface area (Å²) in [7, 11) is 0. The van der Waals surface area contributed by atoms with E-state index in [1.165, 1.54) is 0 Å². The lowest BCUT2D eigenvalue weighted by atomic mass is 10.1. The fraction of sp³-hybridized carbons (Fsp3) is 0.238. The Bertz CT molecular complexity index is 931. The van der Waals surface area contributed by atoms with Crippen molar-refractivity contribution in [1.29, 1.82) is 0 Å². The van der Waals surface area contributed by atoms with Gasteiger partial charge in [-0.1, -0.05) is 35.5 Å². The molecule has 144 valence electrons. The van der Waals surface area contributed by atoms with Gasteiger partial charge in [-0.25, -0.2) is 4.68 Å². The summed E-state index contributed by atoms with van der Waals surface area (Å²) in [6, 6.07) is 16.7. The molecule has 0 atom stereocenters. The molecule has 7 heteroatoms. The van der Waals surface area contributed by atoms with Crippen LogP contribution in [0.5, 0.6) is 0 Å². The standard InChI is InChI=1S/C21H23N5O2/c1-3-25(4-2)21(28)17-10-12-18(13-11-17)22-20(27)19-15-26(24-23-19)14-16-8-6-5-7-9-16/h5-13,15H,3-4,14H2,1-2H3,(H,22,27). The molecule has 0 spiro atoms. The smallest absolute Gasteiger partial charge is 0.277 e. The minimum absolute atomic E-state index is 0.0215. The van der Waals surface area contributed by atoms with E-state index in [1.807, 2.05) is 44.2 Å². The molecule has 0 saturated carbocycles. The highest BCUT2D eigenvalue weighted by atomic mass is 16.2. The number of amides is 2. The first-order chi connectivity index (χ1) is 13.6. The summed E-state index contributed by atoms with van der Waals surface area (Å²) >= 11 is 0. The third-order valence-electron chi connectivity index (χ3n) is 4.40. The summed E-state index contributed by atoms with van der Waals surface area (Å²) in [5.74, 6) is -0.367. The van der Waals surface area contributed by atoms with Crippen LogP contribution in [0.1, 0.15) is 40.3 Å². The lowest BCUT2D eigenvalue weighted by Gasteiger charge is -2.18. The molecule has 3 rings (SSSR count). The summed E-state index contributed by atoms with van der Waals surface area (Å²) < 4.78 is 1.62. The number of benzene rings is 2. The Morgan fingerprint density at radius 2 is 1.68 bits per heavy atom. The Morgan fingerprint density at radius 1 is 1.00 bits per heavy atom. The van der Waals surface area contributed by atoms with Crippen LogP contribution in [-0.2, 0) is 6.54 Å². The largest absolute Gasteiger partial charge is 0.339 e. The second kappa shape index (κ2) is 8.94. The van der Waals surface area contributed by atoms with Crippen molar-refractivity contribution >= 4 is 17.5 Å². The molecule has 0 radical (unpaired) electrons. The number of anilines is 1. The predicted molar refractivity (Wildman–Crippen MR) is 107 cm³/mol. The highest BCUT2D eigenvalue weighted by molar-refractivity contribution is 6.03. The van der Waals surface area contributed by atoms with E-state index in [2.05, 4.69) is 15.6 Å². The molecule has 2 amide bonds. The Labute approximate surface area is 164 Å². The quantitative estimate of drug-likeness (QED) is 0.686. The Balaban J connectivity index is 1.63. The lowest BCUT2D eigenvalue weighted by Crippen LogP contribution is -2.30. The summed E-state index contributed by atoms with van der Waals surface area (Å²) in [5.41, 5.74) is 2.50. The molecule has 1 heterocycles. The highest BCUT2D eigenvalue weighted by Gasteiger charge is 2.14. The molecule has 1 N–H and O–H groups in total. The van der Waals surface area contributed by atoms with E-state index >= 15 is 0 Å². The maximum absolute atomic E-state index is 12.4. The van der Waals surface area contributed by atoms with Crippen molar-refractivity contribution in [1.82, 2.24) is 19.9 Å². The van der Waals surface area contributed by atoms with E-state index < -0.39 is 0 Å². The van der Waals surface area contributed by atoms with E-state index in [-0.39, 0.29) is 17.5 Å². The number of rotatable bonds is 7. The van der Waals surface area contributed by atoms with E-state index in [9.17, 15) is 9.59 Å². The van der Waals surface area contributed by atoms with Crippen LogP contribution in [0.3, 0.4) is 0 Å². The zero-order chi connectivity index (χ0) is 19.9. The SMILES string of the molecule is CCN(CC)C(=O)c1ccc(NC(=O)c2cn(Cc3ccccc3)nn2)cc1. The van der Waals surface area contributed by atoms with Gasteiger partial charge in [0.05, 0.1) is 12.7 Å². The molecule has 0 fully saturated rings. The molecular formula is C21H23N5O2. The van der Waals surface area contributed by atoms with Gasteiger partial charge in [-0.2, -0.15) is 0 Å². The van der Waals surface area contributed by atoms with Gasteiger partial charge in [-0.05, 0) is 43.7 Å². The number of nitrogens with zero attached hydrogens (tertiary/aromatic N) is 4. The molecule has 0 unspecified atom stereocenters. The molecule has 0 aliphatic heterocycles. The molecular weight excluding hydrogens is 354 g/mol. The van der Waals surface area contributed by atoms with Crippen molar-refractivity contribution < 1.29 is 9.59 Å². The third-order valence-corrected chi connectivity index (χ3v) is 4.40. The van der Waals surface area contributed by atoms with E-state index in [0.717, 1.165) is 5.56 Å². The van der Waals surface area contributed by atoms with Crippen molar-refractivity contribution in [3.8, 4) is 0 Å². The molecule has 0 aliphatic carbocycles. The summed E-state index contributed by atoms with van der Waals surface area (Å²) in [4.78, 5) is 26.5. The molecule has 0 aliphatic rings. The fourth-order valence-corrected chi connectivity index (χ4v) is 2.83. The Hall–Kier alpha value is -3.48. The molecule has 7 nitrogen and oxygen atoms in total. The number of aromatic nitrogens is 3. The summed E-state index contributed by atoms with van der Waals surface area (Å²) in [5, 5.41) is 10.7. The van der Waals surface area contributed by atoms with Crippen molar-refractivity contribution in [2.75, 3.05) is 18.4 Å². The Morgan fingerprint density at radius 3 is 2.32 bits per heavy atom. The third kappa shape index (κ3) is 4.62. The van der Waals surface area contributed by atoms with E-state index in [1.54, 1.807) is 40.0 Å². The minimum Gasteiger partial charge on any atom is -0.339 e. The molecule has 1 aromatic heterocycles. The number of nitrogens with one attached hydrogen (secondary N) is 1. The monoisotopic (exact) mass is 377 g/mol. The van der Waals surface area contributed by atoms with Crippen LogP contribution in [0.4, 0.5) is 5.69 Å². The van der Waals surface area contributed by atoms with Gasteiger partial charge < -0.3 is 10.2 Å². The summed E-state index contributed by atoms with van der Waals surface area (Å²) in [6.07, 6.45) is 1.61. The normalized spacial score (nSPS) is 10.5. The first-order valence-corrected chi connectivity index (χ1v) is 9.25. The van der Waals surface area contributed by atoms with Gasteiger partial charge in [0.1, 0.15) is 0 Å². The maximum atomic E-state index is 12.4. The zero-order valence-corrected chi connectivity index (χ0v) is 16.0. The van der Waals surface area contributed by atoms with Crippen LogP contribution < -0.4 is 5.32 Å². The van der Waals surface area contributed by atoms with Crippen molar-refractivity contribution in [2.24, 2.45) is 0 Å². The second-order valence-corrected chi connectivity index (χ2v) is 6.30. The van der Waals surface area contributed by atoms with Gasteiger partial charge in [0, 0.05) is 24.3 Å². The lowest BCUT2D eigenvalue weighted by molar-refractivity contribution is 0.0773. The van der Waals surface area contributed by atoms with Gasteiger partial charge in [-0.3, -0.25) is 9.59 Å². The van der Waals surface area contributed by atoms with Gasteiger partial charge in [0.25, 0.3) is 11.8 Å². The molecule has 28 heavy (non-hydrogen) atoms. The van der Waals surface area contributed by atoms with Crippen LogP contribution in [-0.4, -0.2) is 44.8 Å². The molecule has 0 bridgehead atoms. The average Bonchev–Trinajstić information content (AvgIpc) is 3.19. The number of hydrogen-bond donors (Lipinski definition) is 1. The first-order valence-electron chi connectivity index (χ1n) is 9.25. The van der Waals surface area contributed by atoms with Crippen LogP contribution in [0, 0.1) is 0 Å². The van der Waals surface area contributed by atoms with Gasteiger partial charge >= 0.3 is 0 Å². The summed E-state index contributed by atoms with van der Waals surface area (Å²) in [6.45, 7) is 5.75. The average molecular weight is 377 g/mol. The second-order valence-electron chi connectivity index (χ2n) is 6.30. The Kier molecular flexibility index (Phi) is 6.16. The minimum atomic E-state index is -0.345. The van der Waals surface area contributed by atoms with Gasteiger partial charge in [0.15, 0.2) is 5.69 Å². The predicted octanol–water partition coefficient (Wildman–Crippen LogP) is 3.06. The zero-order valence-electron chi connectivity index (χ0n) is 16.0. The maximum Gasteiger partial charge on any atom is 0.277 e. The number of hydrogen-bond acceptors (Lipinski definition) is 4. The van der Waals surface area contributed by atoms with Gasteiger partial charge in [0.2, 0.25) is 0 Å². The van der Waals surface area contributed by atoms with Crippen LogP contribution in [0.15, 0.2) is 60.8 Å². The van der Waals surface area contributed by atoms with Crippen molar-refractivity contribution in [3.63, 3.8) is 0 Å². The van der Waals surface area contributed by atoms with E-state index in [0.29, 0.717) is 30.9 Å². The van der Waals surface area contributed by atoms with Crippen LogP contribution >= 0.6 is 0 Å². The number of carbonyl (C=O) groups excluding carboxylic acids is 2. The van der Waals surface area contributed by atoms with Crippen molar-refractivity contribution in [3.05, 3.63) is 77.6 Å². The highest BCUT2D eigenvalue weighted by Crippen LogP contribution is 2.13. The molecule has 2 aromatic carbocycles. The van der Waals surface area contributed by atoms with Crippen LogP contribution in [0.25, 0.3) is 0 Å². The fourth-order valence-electron chi connectivity index (χ4n) is 2.83. The van der Waals surface area contributed by atoms with E-state index in [4.69, 9.17) is 0 Å². The van der Waals surface area contributed by atoms with Gasteiger partial charge in [-0.15, -0.1) is 5.10 Å². The molecule has 3 aromatic rings. The topological polar surface area (TPSA) is 80.1 Å². The van der Waals surface area contributed by atoms with Crippen LogP contribution in [0.2, 0.25) is 0 Å². The molecule has 0 saturated heterocycles. The number of carbonyl (C=O) groups is 2. The van der Waals surface area contributed by atoms with Crippen molar-refractivity contribution in [2.45, 2.75) is 20.4 Å². The first kappa shape index (κ1) is 19.3.